The highest BCUT2D eigenvalue weighted by Gasteiger charge is 2.13. The molecule has 0 unspecified atom stereocenters. The lowest BCUT2D eigenvalue weighted by molar-refractivity contribution is 0.622. The molecular weight excluding hydrogens is 260 g/mol. The predicted octanol–water partition coefficient (Wildman–Crippen LogP) is 3.79. The number of pyridine rings is 1. The van der Waals surface area contributed by atoms with E-state index in [2.05, 4.69) is 33.6 Å². The summed E-state index contributed by atoms with van der Waals surface area (Å²) in [4.78, 5) is 9.00. The Bertz CT molecular complexity index is 774. The van der Waals surface area contributed by atoms with E-state index in [1.807, 2.05) is 25.1 Å². The van der Waals surface area contributed by atoms with Crippen LogP contribution in [0.3, 0.4) is 0 Å². The number of aryl methyl sites for hydroxylation is 1. The summed E-state index contributed by atoms with van der Waals surface area (Å²) < 4.78 is 2.10. The van der Waals surface area contributed by atoms with Crippen LogP contribution in [0.1, 0.15) is 25.6 Å². The molecule has 108 valence electrons. The number of anilines is 1. The average Bonchev–Trinajstić information content (AvgIpc) is 2.79. The molecule has 0 bridgehead atoms. The largest absolute Gasteiger partial charge is 0.383 e. The lowest BCUT2D eigenvalue weighted by Crippen LogP contribution is -2.04. The maximum absolute atomic E-state index is 6.31. The van der Waals surface area contributed by atoms with Crippen LogP contribution in [0.25, 0.3) is 22.2 Å². The fourth-order valence-electron chi connectivity index (χ4n) is 2.62. The second kappa shape index (κ2) is 5.56. The van der Waals surface area contributed by atoms with Crippen LogP contribution in [-0.2, 0) is 6.54 Å². The first-order valence-corrected chi connectivity index (χ1v) is 7.38. The van der Waals surface area contributed by atoms with Crippen LogP contribution in [-0.4, -0.2) is 14.5 Å². The molecule has 0 amide bonds. The SMILES string of the molecule is CCCCn1c(C)nc(-c2ccc3ncccc3c2)c1N. The lowest BCUT2D eigenvalue weighted by Gasteiger charge is -2.07. The summed E-state index contributed by atoms with van der Waals surface area (Å²) >= 11 is 0. The third-order valence-corrected chi connectivity index (χ3v) is 3.81. The van der Waals surface area contributed by atoms with Crippen molar-refractivity contribution in [2.45, 2.75) is 33.2 Å². The van der Waals surface area contributed by atoms with Crippen LogP contribution in [0.15, 0.2) is 36.5 Å². The van der Waals surface area contributed by atoms with Gasteiger partial charge in [0.05, 0.1) is 5.52 Å². The fourth-order valence-corrected chi connectivity index (χ4v) is 2.62. The molecule has 3 rings (SSSR count). The quantitative estimate of drug-likeness (QED) is 0.791. The summed E-state index contributed by atoms with van der Waals surface area (Å²) in [5.41, 5.74) is 9.21. The van der Waals surface area contributed by atoms with Gasteiger partial charge in [-0.2, -0.15) is 0 Å². The number of nitrogens with zero attached hydrogens (tertiary/aromatic N) is 3. The van der Waals surface area contributed by atoms with E-state index in [1.165, 1.54) is 0 Å². The van der Waals surface area contributed by atoms with Crippen molar-refractivity contribution in [2.24, 2.45) is 0 Å². The average molecular weight is 280 g/mol. The molecule has 4 nitrogen and oxygen atoms in total. The first-order valence-electron chi connectivity index (χ1n) is 7.38. The summed E-state index contributed by atoms with van der Waals surface area (Å²) in [6.45, 7) is 5.12. The van der Waals surface area contributed by atoms with Crippen LogP contribution < -0.4 is 5.73 Å². The minimum absolute atomic E-state index is 0.754. The first-order chi connectivity index (χ1) is 10.2. The third kappa shape index (κ3) is 2.49. The van der Waals surface area contributed by atoms with Crippen molar-refractivity contribution in [1.82, 2.24) is 14.5 Å². The molecule has 4 heteroatoms. The number of hydrogen-bond donors (Lipinski definition) is 1. The van der Waals surface area contributed by atoms with Crippen LogP contribution in [0, 0.1) is 6.92 Å². The molecule has 2 N–H and O–H groups in total. The Hall–Kier alpha value is -2.36. The van der Waals surface area contributed by atoms with Gasteiger partial charge in [0.2, 0.25) is 0 Å². The normalized spacial score (nSPS) is 11.1. The number of benzene rings is 1. The van der Waals surface area contributed by atoms with Gasteiger partial charge in [-0.25, -0.2) is 4.98 Å². The third-order valence-electron chi connectivity index (χ3n) is 3.81. The Morgan fingerprint density at radius 3 is 2.90 bits per heavy atom. The number of hydrogen-bond acceptors (Lipinski definition) is 3. The van der Waals surface area contributed by atoms with Crippen LogP contribution >= 0.6 is 0 Å². The Morgan fingerprint density at radius 2 is 2.10 bits per heavy atom. The highest BCUT2D eigenvalue weighted by molar-refractivity contribution is 5.85. The van der Waals surface area contributed by atoms with Gasteiger partial charge in [-0.1, -0.05) is 25.5 Å². The van der Waals surface area contributed by atoms with Crippen molar-refractivity contribution < 1.29 is 0 Å². The number of fused-ring (bicyclic) bond motifs is 1. The van der Waals surface area contributed by atoms with Crippen molar-refractivity contribution in [3.63, 3.8) is 0 Å². The van der Waals surface area contributed by atoms with Gasteiger partial charge in [0.1, 0.15) is 17.3 Å². The molecule has 0 saturated heterocycles. The Kier molecular flexibility index (Phi) is 3.60. The first kappa shape index (κ1) is 13.6. The molecule has 0 fully saturated rings. The molecule has 0 spiro atoms. The second-order valence-corrected chi connectivity index (χ2v) is 5.31. The van der Waals surface area contributed by atoms with E-state index in [0.29, 0.717) is 0 Å². The molecule has 0 radical (unpaired) electrons. The maximum atomic E-state index is 6.31. The van der Waals surface area contributed by atoms with Gasteiger partial charge >= 0.3 is 0 Å². The molecule has 0 saturated carbocycles. The van der Waals surface area contributed by atoms with Crippen LogP contribution in [0.5, 0.6) is 0 Å². The van der Waals surface area contributed by atoms with E-state index < -0.39 is 0 Å². The number of nitrogens with two attached hydrogens (primary N) is 1. The van der Waals surface area contributed by atoms with Crippen molar-refractivity contribution in [3.8, 4) is 11.3 Å². The van der Waals surface area contributed by atoms with Gasteiger partial charge in [-0.3, -0.25) is 4.98 Å². The van der Waals surface area contributed by atoms with Gasteiger partial charge in [0, 0.05) is 23.7 Å². The van der Waals surface area contributed by atoms with Crippen molar-refractivity contribution in [3.05, 3.63) is 42.4 Å². The fraction of sp³-hybridized carbons (Fsp3) is 0.294. The number of nitrogen functional groups attached to an aromatic ring is 1. The molecule has 0 aliphatic rings. The van der Waals surface area contributed by atoms with Crippen LogP contribution in [0.4, 0.5) is 5.82 Å². The number of rotatable bonds is 4. The molecule has 1 aromatic carbocycles. The van der Waals surface area contributed by atoms with Gasteiger partial charge in [0.15, 0.2) is 0 Å². The molecule has 2 aromatic heterocycles. The van der Waals surface area contributed by atoms with Crippen LogP contribution in [0.2, 0.25) is 0 Å². The van der Waals surface area contributed by atoms with E-state index in [0.717, 1.165) is 53.2 Å². The highest BCUT2D eigenvalue weighted by atomic mass is 15.1. The van der Waals surface area contributed by atoms with Gasteiger partial charge in [-0.15, -0.1) is 0 Å². The van der Waals surface area contributed by atoms with Crippen molar-refractivity contribution in [2.75, 3.05) is 5.73 Å². The smallest absolute Gasteiger partial charge is 0.131 e. The monoisotopic (exact) mass is 280 g/mol. The van der Waals surface area contributed by atoms with E-state index in [9.17, 15) is 0 Å². The molecule has 21 heavy (non-hydrogen) atoms. The minimum atomic E-state index is 0.754. The van der Waals surface area contributed by atoms with Crippen molar-refractivity contribution in [1.29, 1.82) is 0 Å². The zero-order valence-corrected chi connectivity index (χ0v) is 12.5. The molecule has 0 aliphatic carbocycles. The zero-order valence-electron chi connectivity index (χ0n) is 12.5. The maximum Gasteiger partial charge on any atom is 0.131 e. The summed E-state index contributed by atoms with van der Waals surface area (Å²) in [6.07, 6.45) is 4.07. The topological polar surface area (TPSA) is 56.7 Å². The Morgan fingerprint density at radius 1 is 1.24 bits per heavy atom. The number of imidazole rings is 1. The van der Waals surface area contributed by atoms with E-state index >= 15 is 0 Å². The predicted molar refractivity (Wildman–Crippen MR) is 87.0 cm³/mol. The number of aromatic nitrogens is 3. The van der Waals surface area contributed by atoms with E-state index in [-0.39, 0.29) is 0 Å². The van der Waals surface area contributed by atoms with Crippen molar-refractivity contribution >= 4 is 16.7 Å². The van der Waals surface area contributed by atoms with Gasteiger partial charge < -0.3 is 10.3 Å². The molecular formula is C17H20N4. The lowest BCUT2D eigenvalue weighted by atomic mass is 10.1. The minimum Gasteiger partial charge on any atom is -0.383 e. The molecule has 0 atom stereocenters. The van der Waals surface area contributed by atoms with Gasteiger partial charge in [-0.05, 0) is 31.5 Å². The standard InChI is InChI=1S/C17H20N4/c1-3-4-10-21-12(2)20-16(17(21)18)14-7-8-15-13(11-14)6-5-9-19-15/h5-9,11H,3-4,10,18H2,1-2H3. The highest BCUT2D eigenvalue weighted by Crippen LogP contribution is 2.28. The summed E-state index contributed by atoms with van der Waals surface area (Å²) in [5.74, 6) is 1.73. The summed E-state index contributed by atoms with van der Waals surface area (Å²) in [6, 6.07) is 10.2. The second-order valence-electron chi connectivity index (χ2n) is 5.31. The molecule has 3 aromatic rings. The Balaban J connectivity index is 2.06. The Labute approximate surface area is 124 Å². The van der Waals surface area contributed by atoms with Gasteiger partial charge in [0.25, 0.3) is 0 Å². The van der Waals surface area contributed by atoms with E-state index in [4.69, 9.17) is 5.73 Å². The van der Waals surface area contributed by atoms with E-state index in [1.54, 1.807) is 6.20 Å². The molecule has 2 heterocycles. The molecule has 0 aliphatic heterocycles. The summed E-state index contributed by atoms with van der Waals surface area (Å²) in [5, 5.41) is 1.11. The summed E-state index contributed by atoms with van der Waals surface area (Å²) in [7, 11) is 0. The number of unbranched alkanes of at least 4 members (excludes halogenated alkanes) is 1. The zero-order chi connectivity index (χ0) is 14.8.